The summed E-state index contributed by atoms with van der Waals surface area (Å²) in [6.07, 6.45) is 0. The van der Waals surface area contributed by atoms with E-state index in [0.717, 1.165) is 6.07 Å². The maximum Gasteiger partial charge on any atom is 0.124 e. The number of hydrogen-bond donors (Lipinski definition) is 0. The van der Waals surface area contributed by atoms with Crippen molar-refractivity contribution in [2.75, 3.05) is 18.0 Å². The van der Waals surface area contributed by atoms with Crippen LogP contribution in [0.3, 0.4) is 0 Å². The second-order valence-corrected chi connectivity index (χ2v) is 2.95. The molecular weight excluding hydrogens is 207 g/mol. The van der Waals surface area contributed by atoms with Crippen LogP contribution in [0, 0.1) is 39.8 Å². The highest BCUT2D eigenvalue weighted by atomic mass is 19.1. The predicted molar refractivity (Wildman–Crippen MR) is 54.6 cm³/mol. The van der Waals surface area contributed by atoms with E-state index in [2.05, 4.69) is 0 Å². The van der Waals surface area contributed by atoms with Gasteiger partial charge in [-0.1, -0.05) is 0 Å². The standard InChI is InChI=1S/C11H7FN4/c12-10-1-2-11(9(7-10)8-15)16(5-3-13)6-4-14/h1-2,7H,5-6H2. The summed E-state index contributed by atoms with van der Waals surface area (Å²) >= 11 is 0. The molecule has 0 N–H and O–H groups in total. The van der Waals surface area contributed by atoms with Crippen molar-refractivity contribution in [3.63, 3.8) is 0 Å². The number of rotatable bonds is 3. The molecule has 0 saturated carbocycles. The number of benzene rings is 1. The maximum absolute atomic E-state index is 12.9. The summed E-state index contributed by atoms with van der Waals surface area (Å²) < 4.78 is 12.9. The van der Waals surface area contributed by atoms with E-state index in [9.17, 15) is 4.39 Å². The number of halogens is 1. The fourth-order valence-corrected chi connectivity index (χ4v) is 1.27. The zero-order valence-electron chi connectivity index (χ0n) is 8.31. The Morgan fingerprint density at radius 2 is 1.75 bits per heavy atom. The third-order valence-electron chi connectivity index (χ3n) is 1.94. The summed E-state index contributed by atoms with van der Waals surface area (Å²) in [6, 6.07) is 9.27. The van der Waals surface area contributed by atoms with Crippen LogP contribution in [-0.2, 0) is 0 Å². The van der Waals surface area contributed by atoms with Gasteiger partial charge < -0.3 is 4.90 Å². The highest BCUT2D eigenvalue weighted by molar-refractivity contribution is 5.60. The largest absolute Gasteiger partial charge is 0.344 e. The van der Waals surface area contributed by atoms with Crippen LogP contribution >= 0.6 is 0 Å². The van der Waals surface area contributed by atoms with Gasteiger partial charge in [0.2, 0.25) is 0 Å². The summed E-state index contributed by atoms with van der Waals surface area (Å²) in [5.41, 5.74) is 0.512. The summed E-state index contributed by atoms with van der Waals surface area (Å²) in [6.45, 7) is -0.0399. The Hall–Kier alpha value is -2.58. The van der Waals surface area contributed by atoms with Gasteiger partial charge in [0, 0.05) is 0 Å². The molecule has 0 unspecified atom stereocenters. The van der Waals surface area contributed by atoms with Crippen LogP contribution in [0.15, 0.2) is 18.2 Å². The molecule has 0 aliphatic heterocycles. The second-order valence-electron chi connectivity index (χ2n) is 2.95. The minimum Gasteiger partial charge on any atom is -0.344 e. The van der Waals surface area contributed by atoms with E-state index in [-0.39, 0.29) is 18.7 Å². The van der Waals surface area contributed by atoms with E-state index in [1.54, 1.807) is 0 Å². The Labute approximate surface area is 92.4 Å². The van der Waals surface area contributed by atoms with Gasteiger partial charge >= 0.3 is 0 Å². The smallest absolute Gasteiger partial charge is 0.124 e. The fraction of sp³-hybridized carbons (Fsp3) is 0.182. The fourth-order valence-electron chi connectivity index (χ4n) is 1.27. The van der Waals surface area contributed by atoms with Crippen molar-refractivity contribution in [1.82, 2.24) is 0 Å². The van der Waals surface area contributed by atoms with E-state index >= 15 is 0 Å². The van der Waals surface area contributed by atoms with Crippen LogP contribution in [0.4, 0.5) is 10.1 Å². The first-order valence-electron chi connectivity index (χ1n) is 4.41. The Balaban J connectivity index is 3.16. The summed E-state index contributed by atoms with van der Waals surface area (Å²) in [4.78, 5) is 1.41. The highest BCUT2D eigenvalue weighted by Crippen LogP contribution is 2.20. The molecule has 0 aromatic heterocycles. The normalized spacial score (nSPS) is 8.62. The zero-order valence-corrected chi connectivity index (χ0v) is 8.31. The lowest BCUT2D eigenvalue weighted by molar-refractivity contribution is 0.627. The van der Waals surface area contributed by atoms with Gasteiger partial charge in [-0.3, -0.25) is 0 Å². The zero-order chi connectivity index (χ0) is 12.0. The number of anilines is 1. The lowest BCUT2D eigenvalue weighted by Crippen LogP contribution is -2.24. The van der Waals surface area contributed by atoms with Crippen molar-refractivity contribution in [2.24, 2.45) is 0 Å². The van der Waals surface area contributed by atoms with Crippen molar-refractivity contribution in [3.8, 4) is 18.2 Å². The number of nitrogens with zero attached hydrogens (tertiary/aromatic N) is 4. The Kier molecular flexibility index (Phi) is 3.83. The Morgan fingerprint density at radius 3 is 2.25 bits per heavy atom. The summed E-state index contributed by atoms with van der Waals surface area (Å²) in [5.74, 6) is -0.519. The van der Waals surface area contributed by atoms with Gasteiger partial charge in [0.1, 0.15) is 25.0 Å². The van der Waals surface area contributed by atoms with Gasteiger partial charge in [0.25, 0.3) is 0 Å². The maximum atomic E-state index is 12.9. The molecule has 0 radical (unpaired) electrons. The third kappa shape index (κ3) is 2.47. The van der Waals surface area contributed by atoms with Crippen molar-refractivity contribution in [2.45, 2.75) is 0 Å². The molecule has 0 aliphatic rings. The SMILES string of the molecule is N#CCN(CC#N)c1ccc(F)cc1C#N. The van der Waals surface area contributed by atoms with Crippen molar-refractivity contribution < 1.29 is 4.39 Å². The lowest BCUT2D eigenvalue weighted by Gasteiger charge is -2.19. The van der Waals surface area contributed by atoms with Crippen LogP contribution in [-0.4, -0.2) is 13.1 Å². The van der Waals surface area contributed by atoms with Crippen LogP contribution in [0.5, 0.6) is 0 Å². The van der Waals surface area contributed by atoms with E-state index in [1.165, 1.54) is 17.0 Å². The molecule has 0 fully saturated rings. The van der Waals surface area contributed by atoms with Crippen molar-refractivity contribution >= 4 is 5.69 Å². The average molecular weight is 214 g/mol. The molecule has 0 spiro atoms. The van der Waals surface area contributed by atoms with E-state index in [4.69, 9.17) is 15.8 Å². The summed E-state index contributed by atoms with van der Waals surface area (Å²) in [5, 5.41) is 26.0. The first kappa shape index (κ1) is 11.5. The van der Waals surface area contributed by atoms with Gasteiger partial charge in [-0.25, -0.2) is 4.39 Å². The molecule has 0 amide bonds. The second kappa shape index (κ2) is 5.34. The topological polar surface area (TPSA) is 74.6 Å². The monoisotopic (exact) mass is 214 g/mol. The molecular formula is C11H7FN4. The quantitative estimate of drug-likeness (QED) is 0.715. The molecule has 5 heteroatoms. The molecule has 4 nitrogen and oxygen atoms in total. The molecule has 1 rings (SSSR count). The third-order valence-corrected chi connectivity index (χ3v) is 1.94. The first-order valence-corrected chi connectivity index (χ1v) is 4.41. The molecule has 0 saturated heterocycles. The van der Waals surface area contributed by atoms with E-state index in [1.807, 2.05) is 18.2 Å². The van der Waals surface area contributed by atoms with Crippen LogP contribution in [0.2, 0.25) is 0 Å². The first-order chi connectivity index (χ1) is 7.72. The Morgan fingerprint density at radius 1 is 1.12 bits per heavy atom. The van der Waals surface area contributed by atoms with Gasteiger partial charge in [-0.05, 0) is 18.2 Å². The lowest BCUT2D eigenvalue weighted by atomic mass is 10.1. The van der Waals surface area contributed by atoms with Gasteiger partial charge in [-0.2, -0.15) is 15.8 Å². The minimum atomic E-state index is -0.519. The van der Waals surface area contributed by atoms with E-state index < -0.39 is 5.82 Å². The molecule has 1 aromatic rings. The molecule has 78 valence electrons. The van der Waals surface area contributed by atoms with Crippen molar-refractivity contribution in [3.05, 3.63) is 29.6 Å². The Bertz CT molecular complexity index is 488. The van der Waals surface area contributed by atoms with Crippen molar-refractivity contribution in [1.29, 1.82) is 15.8 Å². The minimum absolute atomic E-state index is 0.0200. The summed E-state index contributed by atoms with van der Waals surface area (Å²) in [7, 11) is 0. The van der Waals surface area contributed by atoms with Gasteiger partial charge in [0.05, 0.1) is 23.4 Å². The molecule has 0 aliphatic carbocycles. The van der Waals surface area contributed by atoms with Gasteiger partial charge in [-0.15, -0.1) is 0 Å². The molecule has 0 heterocycles. The van der Waals surface area contributed by atoms with Crippen LogP contribution in [0.1, 0.15) is 5.56 Å². The number of nitriles is 3. The highest BCUT2D eigenvalue weighted by Gasteiger charge is 2.11. The molecule has 1 aromatic carbocycles. The van der Waals surface area contributed by atoms with Gasteiger partial charge in [0.15, 0.2) is 0 Å². The molecule has 0 atom stereocenters. The molecule has 0 bridgehead atoms. The number of hydrogen-bond acceptors (Lipinski definition) is 4. The van der Waals surface area contributed by atoms with Crippen LogP contribution < -0.4 is 4.90 Å². The average Bonchev–Trinajstić information content (AvgIpc) is 2.28. The molecule has 16 heavy (non-hydrogen) atoms. The van der Waals surface area contributed by atoms with Crippen LogP contribution in [0.25, 0.3) is 0 Å². The predicted octanol–water partition coefficient (Wildman–Crippen LogP) is 1.55. The van der Waals surface area contributed by atoms with E-state index in [0.29, 0.717) is 5.69 Å².